The molecular formula is C53H58N10O7S. The number of aliphatic hydroxyl groups excluding tert-OH is 1. The number of methoxy groups -OCH3 is 1. The van der Waals surface area contributed by atoms with Gasteiger partial charge in [-0.15, -0.1) is 11.3 Å². The number of amides is 5. The number of rotatable bonds is 10. The van der Waals surface area contributed by atoms with Crippen molar-refractivity contribution >= 4 is 69.6 Å². The summed E-state index contributed by atoms with van der Waals surface area (Å²) in [5, 5.41) is 17.0. The molecule has 6 aliphatic rings. The second-order valence-electron chi connectivity index (χ2n) is 19.7. The van der Waals surface area contributed by atoms with Crippen LogP contribution >= 0.6 is 11.3 Å². The number of benzene rings is 1. The van der Waals surface area contributed by atoms with E-state index in [4.69, 9.17) is 14.7 Å². The number of anilines is 5. The Balaban J connectivity index is 0.732. The van der Waals surface area contributed by atoms with E-state index < -0.39 is 35.8 Å². The Bertz CT molecular complexity index is 2980. The molecule has 4 aromatic heterocycles. The number of thiophene rings is 1. The van der Waals surface area contributed by atoms with E-state index in [0.717, 1.165) is 103 Å². The number of hydrogen-bond donors (Lipinski definition) is 3. The second kappa shape index (κ2) is 18.8. The number of nitrogens with zero attached hydrogens (tertiary/aromatic N) is 8. The van der Waals surface area contributed by atoms with Crippen molar-refractivity contribution < 1.29 is 33.8 Å². The van der Waals surface area contributed by atoms with E-state index in [1.807, 2.05) is 30.5 Å². The molecule has 18 heteroatoms. The van der Waals surface area contributed by atoms with Gasteiger partial charge in [0.2, 0.25) is 17.7 Å². The van der Waals surface area contributed by atoms with Crippen molar-refractivity contribution in [2.24, 2.45) is 0 Å². The first-order valence-electron chi connectivity index (χ1n) is 24.9. The summed E-state index contributed by atoms with van der Waals surface area (Å²) in [6, 6.07) is 13.0. The van der Waals surface area contributed by atoms with Gasteiger partial charge in [-0.25, -0.2) is 15.0 Å². The quantitative estimate of drug-likeness (QED) is 0.129. The fraction of sp³-hybridized carbons (Fsp3) is 0.434. The molecular weight excluding hydrogens is 921 g/mol. The van der Waals surface area contributed by atoms with Crippen LogP contribution in [0.5, 0.6) is 5.88 Å². The van der Waals surface area contributed by atoms with Crippen LogP contribution in [0.2, 0.25) is 0 Å². The molecule has 2 unspecified atom stereocenters. The predicted molar refractivity (Wildman–Crippen MR) is 270 cm³/mol. The second-order valence-corrected chi connectivity index (χ2v) is 20.8. The van der Waals surface area contributed by atoms with E-state index >= 15 is 0 Å². The molecule has 3 fully saturated rings. The molecule has 3 N–H and O–H groups in total. The summed E-state index contributed by atoms with van der Waals surface area (Å²) in [6.45, 7) is 10.1. The number of fused-ring (bicyclic) bond motifs is 4. The molecule has 71 heavy (non-hydrogen) atoms. The van der Waals surface area contributed by atoms with Gasteiger partial charge in [0.1, 0.15) is 23.4 Å². The van der Waals surface area contributed by atoms with Crippen LogP contribution in [0.15, 0.2) is 61.1 Å². The highest BCUT2D eigenvalue weighted by molar-refractivity contribution is 7.14. The number of carbonyl (C=O) groups excluding carboxylic acids is 5. The number of piperidine rings is 2. The van der Waals surface area contributed by atoms with Crippen molar-refractivity contribution in [2.75, 3.05) is 59.9 Å². The molecule has 9 heterocycles. The van der Waals surface area contributed by atoms with Gasteiger partial charge in [0.15, 0.2) is 0 Å². The lowest BCUT2D eigenvalue weighted by molar-refractivity contribution is -0.136. The smallest absolute Gasteiger partial charge is 0.269 e. The fourth-order valence-electron chi connectivity index (χ4n) is 11.9. The van der Waals surface area contributed by atoms with Gasteiger partial charge in [0.05, 0.1) is 41.1 Å². The highest BCUT2D eigenvalue weighted by Crippen LogP contribution is 2.42. The van der Waals surface area contributed by atoms with Crippen LogP contribution in [-0.2, 0) is 28.9 Å². The van der Waals surface area contributed by atoms with Gasteiger partial charge >= 0.3 is 0 Å². The number of aromatic nitrogens is 3. The molecule has 0 saturated carbocycles. The largest absolute Gasteiger partial charge is 0.480 e. The molecule has 368 valence electrons. The summed E-state index contributed by atoms with van der Waals surface area (Å²) in [7, 11) is 1.57. The van der Waals surface area contributed by atoms with Crippen molar-refractivity contribution in [3.63, 3.8) is 0 Å². The van der Waals surface area contributed by atoms with Crippen molar-refractivity contribution in [2.45, 2.75) is 109 Å². The van der Waals surface area contributed by atoms with Gasteiger partial charge in [-0.2, -0.15) is 0 Å². The third kappa shape index (κ3) is 8.38. The van der Waals surface area contributed by atoms with Crippen molar-refractivity contribution in [3.05, 3.63) is 98.6 Å². The molecule has 3 saturated heterocycles. The van der Waals surface area contributed by atoms with Crippen LogP contribution in [0, 0.1) is 0 Å². The van der Waals surface area contributed by atoms with E-state index in [1.54, 1.807) is 54.8 Å². The molecule has 5 atom stereocenters. The van der Waals surface area contributed by atoms with Crippen molar-refractivity contribution in [3.8, 4) is 17.0 Å². The third-order valence-corrected chi connectivity index (χ3v) is 16.7. The summed E-state index contributed by atoms with van der Waals surface area (Å²) in [4.78, 5) is 91.6. The lowest BCUT2D eigenvalue weighted by atomic mass is 9.91. The Morgan fingerprint density at radius 2 is 1.59 bits per heavy atom. The zero-order valence-electron chi connectivity index (χ0n) is 40.4. The summed E-state index contributed by atoms with van der Waals surface area (Å²) >= 11 is 1.63. The van der Waals surface area contributed by atoms with Crippen LogP contribution in [0.1, 0.15) is 117 Å². The van der Waals surface area contributed by atoms with Crippen molar-refractivity contribution in [1.29, 1.82) is 0 Å². The van der Waals surface area contributed by atoms with Crippen LogP contribution in [-0.4, -0.2) is 123 Å². The van der Waals surface area contributed by atoms with E-state index in [-0.39, 0.29) is 36.4 Å². The summed E-state index contributed by atoms with van der Waals surface area (Å²) in [6.07, 6.45) is 11.6. The van der Waals surface area contributed by atoms with Gasteiger partial charge in [0.25, 0.3) is 17.7 Å². The highest BCUT2D eigenvalue weighted by Gasteiger charge is 2.45. The molecule has 0 bridgehead atoms. The highest BCUT2D eigenvalue weighted by atomic mass is 32.1. The molecule has 1 aliphatic carbocycles. The minimum absolute atomic E-state index is 0.0519. The fourth-order valence-corrected chi connectivity index (χ4v) is 13.3. The monoisotopic (exact) mass is 978 g/mol. The van der Waals surface area contributed by atoms with E-state index in [0.29, 0.717) is 46.9 Å². The van der Waals surface area contributed by atoms with Crippen LogP contribution in [0.3, 0.4) is 0 Å². The average molecular weight is 979 g/mol. The molecule has 11 rings (SSSR count). The maximum Gasteiger partial charge on any atom is 0.269 e. The number of pyridine rings is 3. The molecule has 1 aromatic carbocycles. The predicted octanol–water partition coefficient (Wildman–Crippen LogP) is 6.46. The van der Waals surface area contributed by atoms with Gasteiger partial charge in [-0.3, -0.25) is 44.0 Å². The minimum atomic E-state index is -0.992. The number of hydrogen-bond acceptors (Lipinski definition) is 15. The molecule has 0 spiro atoms. The minimum Gasteiger partial charge on any atom is -0.480 e. The average Bonchev–Trinajstić information content (AvgIpc) is 3.87. The number of nitrogens with one attached hydrogen (secondary N) is 2. The topological polar surface area (TPSA) is 194 Å². The van der Waals surface area contributed by atoms with Crippen LogP contribution < -0.4 is 30.1 Å². The van der Waals surface area contributed by atoms with E-state index in [9.17, 15) is 29.1 Å². The van der Waals surface area contributed by atoms with Crippen molar-refractivity contribution in [1.82, 2.24) is 30.1 Å². The maximum absolute atomic E-state index is 14.1. The molecule has 5 aromatic rings. The Labute approximate surface area is 416 Å². The Morgan fingerprint density at radius 1 is 0.789 bits per heavy atom. The Kier molecular flexibility index (Phi) is 12.3. The molecule has 0 radical (unpaired) electrons. The number of piperazine rings is 1. The number of imide groups is 2. The lowest BCUT2D eigenvalue weighted by Gasteiger charge is -2.48. The van der Waals surface area contributed by atoms with E-state index in [2.05, 4.69) is 50.2 Å². The van der Waals surface area contributed by atoms with Gasteiger partial charge in [-0.05, 0) is 131 Å². The van der Waals surface area contributed by atoms with Gasteiger partial charge in [0, 0.05) is 91.4 Å². The third-order valence-electron chi connectivity index (χ3n) is 15.4. The number of aryl methyl sites for hydroxylation is 1. The normalized spacial score (nSPS) is 23.1. The van der Waals surface area contributed by atoms with Crippen LogP contribution in [0.4, 0.5) is 28.7 Å². The SMILES string of the molecule is COc1ncc(-c2ccnc(N3CCc4c(sc5c4CCCC5)C3=O)c2[C@@H](C)O)cc1Nc1ccc(N2CCN(C3CCN(c4ccc5c(c4)C(=O)N(C4CCC(=O)NC4=O)C5=O)[C@@H](C)C3)C[C@@H]2C)cn1. The first-order chi connectivity index (χ1) is 34.4. The zero-order chi connectivity index (χ0) is 49.2. The Morgan fingerprint density at radius 3 is 2.35 bits per heavy atom. The summed E-state index contributed by atoms with van der Waals surface area (Å²) in [5.41, 5.74) is 7.68. The molecule has 17 nitrogen and oxygen atoms in total. The van der Waals surface area contributed by atoms with E-state index in [1.165, 1.54) is 16.0 Å². The lowest BCUT2D eigenvalue weighted by Crippen LogP contribution is -2.58. The molecule has 5 amide bonds. The maximum atomic E-state index is 14.1. The van der Waals surface area contributed by atoms with Crippen LogP contribution in [0.25, 0.3) is 11.1 Å². The first kappa shape index (κ1) is 46.6. The first-order valence-corrected chi connectivity index (χ1v) is 25.7. The number of aliphatic hydroxyl groups is 1. The van der Waals surface area contributed by atoms with Gasteiger partial charge in [-0.1, -0.05) is 0 Å². The number of ether oxygens (including phenoxy) is 1. The molecule has 5 aliphatic heterocycles. The standard InChI is InChI=1S/C53H58N10O7S/c1-29-23-33(16-19-60(29)34-9-11-39-40(25-34)52(68)63(51(39)67)42-12-14-45(65)58-49(42)66)59-21-22-61(30(2)28-59)35-10-13-44(55-27-35)57-41-24-32(26-56-50(41)70-4)36-15-18-54-48(46(36)31(3)64)62-20-17-38-37-7-5-6-8-43(37)71-47(38)53(62)69/h9-11,13,15,18,24-27,29-31,33,42,64H,5-8,12,14,16-17,19-23,28H2,1-4H3,(H,55,57)(H,58,65,66)/t29-,30-,31+,33?,42?/m0/s1. The zero-order valence-corrected chi connectivity index (χ0v) is 41.3. The number of carbonyl (C=O) groups is 5. The summed E-state index contributed by atoms with van der Waals surface area (Å²) in [5.74, 6) is -0.593. The van der Waals surface area contributed by atoms with Gasteiger partial charge < -0.3 is 25.0 Å². The summed E-state index contributed by atoms with van der Waals surface area (Å²) < 4.78 is 5.69. The Hall–Kier alpha value is -6.76.